The summed E-state index contributed by atoms with van der Waals surface area (Å²) in [6.45, 7) is 13.6. The van der Waals surface area contributed by atoms with E-state index in [0.717, 1.165) is 24.8 Å². The molecular weight excluding hydrogens is 384 g/mol. The smallest absolute Gasteiger partial charge is 0.0757 e. The minimum Gasteiger partial charge on any atom is -0.395 e. The SMILES string of the molecule is C=C(C=CC(C)C1CCC2C3C(O)C=C4CC(O)CCC4(CO)C3CCC12C)C(C)C. The van der Waals surface area contributed by atoms with E-state index in [1.54, 1.807) is 0 Å². The molecule has 0 amide bonds. The third kappa shape index (κ3) is 3.69. The summed E-state index contributed by atoms with van der Waals surface area (Å²) in [5, 5.41) is 32.1. The first-order valence-corrected chi connectivity index (χ1v) is 12.7. The first kappa shape index (κ1) is 23.3. The molecule has 174 valence electrons. The number of fused-ring (bicyclic) bond motifs is 5. The van der Waals surface area contributed by atoms with Gasteiger partial charge < -0.3 is 15.3 Å². The summed E-state index contributed by atoms with van der Waals surface area (Å²) in [4.78, 5) is 0. The van der Waals surface area contributed by atoms with Gasteiger partial charge in [-0.1, -0.05) is 63.6 Å². The summed E-state index contributed by atoms with van der Waals surface area (Å²) < 4.78 is 0. The topological polar surface area (TPSA) is 60.7 Å². The zero-order valence-corrected chi connectivity index (χ0v) is 20.1. The van der Waals surface area contributed by atoms with Gasteiger partial charge in [0.15, 0.2) is 0 Å². The highest BCUT2D eigenvalue weighted by atomic mass is 16.3. The Labute approximate surface area is 189 Å². The lowest BCUT2D eigenvalue weighted by atomic mass is 9.46. The lowest BCUT2D eigenvalue weighted by Crippen LogP contribution is -2.56. The fourth-order valence-corrected chi connectivity index (χ4v) is 8.24. The molecule has 9 unspecified atom stereocenters. The van der Waals surface area contributed by atoms with E-state index in [1.807, 2.05) is 6.08 Å². The first-order valence-electron chi connectivity index (χ1n) is 12.7. The van der Waals surface area contributed by atoms with Crippen LogP contribution in [0.2, 0.25) is 0 Å². The second-order valence-electron chi connectivity index (χ2n) is 11.9. The molecule has 0 aromatic carbocycles. The standard InChI is InChI=1S/C28H44O3/c1-17(2)18(3)6-7-19(4)22-8-9-23-26-24(11-12-27(22,23)5)28(16-29)13-10-21(30)14-20(28)15-25(26)31/h6-7,15,17,19,21-26,29-31H,3,8-14,16H2,1-2,4-5H3. The molecule has 9 atom stereocenters. The fraction of sp³-hybridized carbons (Fsp3) is 0.786. The van der Waals surface area contributed by atoms with Crippen molar-refractivity contribution in [3.05, 3.63) is 36.0 Å². The molecule has 0 aromatic heterocycles. The Kier molecular flexibility index (Phi) is 6.35. The molecule has 0 heterocycles. The second kappa shape index (κ2) is 8.47. The molecule has 4 aliphatic carbocycles. The lowest BCUT2D eigenvalue weighted by molar-refractivity contribution is -0.112. The van der Waals surface area contributed by atoms with E-state index in [4.69, 9.17) is 0 Å². The van der Waals surface area contributed by atoms with Crippen molar-refractivity contribution in [3.63, 3.8) is 0 Å². The normalized spacial score (nSPS) is 45.7. The van der Waals surface area contributed by atoms with E-state index in [9.17, 15) is 15.3 Å². The van der Waals surface area contributed by atoms with Gasteiger partial charge in [-0.25, -0.2) is 0 Å². The minimum absolute atomic E-state index is 0.156. The fourth-order valence-electron chi connectivity index (χ4n) is 8.24. The van der Waals surface area contributed by atoms with Gasteiger partial charge >= 0.3 is 0 Å². The van der Waals surface area contributed by atoms with Crippen molar-refractivity contribution in [2.45, 2.75) is 84.8 Å². The third-order valence-electron chi connectivity index (χ3n) is 10.2. The lowest BCUT2D eigenvalue weighted by Gasteiger charge is -2.59. The van der Waals surface area contributed by atoms with Crippen LogP contribution in [0.4, 0.5) is 0 Å². The summed E-state index contributed by atoms with van der Waals surface area (Å²) >= 11 is 0. The molecule has 3 fully saturated rings. The van der Waals surface area contributed by atoms with Crippen LogP contribution in [0.3, 0.4) is 0 Å². The van der Waals surface area contributed by atoms with E-state index in [1.165, 1.54) is 24.8 Å². The predicted octanol–water partition coefficient (Wildman–Crippen LogP) is 5.27. The average Bonchev–Trinajstić information content (AvgIpc) is 3.08. The molecule has 3 heteroatoms. The van der Waals surface area contributed by atoms with Gasteiger partial charge in [-0.2, -0.15) is 0 Å². The van der Waals surface area contributed by atoms with E-state index >= 15 is 0 Å². The van der Waals surface area contributed by atoms with Crippen LogP contribution in [-0.2, 0) is 0 Å². The second-order valence-corrected chi connectivity index (χ2v) is 11.9. The quantitative estimate of drug-likeness (QED) is 0.413. The number of hydrogen-bond acceptors (Lipinski definition) is 3. The highest BCUT2D eigenvalue weighted by Gasteiger charge is 2.62. The van der Waals surface area contributed by atoms with Crippen LogP contribution < -0.4 is 0 Å². The van der Waals surface area contributed by atoms with Crippen LogP contribution in [0.25, 0.3) is 0 Å². The number of hydrogen-bond donors (Lipinski definition) is 3. The summed E-state index contributed by atoms with van der Waals surface area (Å²) in [6, 6.07) is 0. The molecule has 3 nitrogen and oxygen atoms in total. The average molecular weight is 429 g/mol. The van der Waals surface area contributed by atoms with Crippen molar-refractivity contribution in [1.82, 2.24) is 0 Å². The van der Waals surface area contributed by atoms with Gasteiger partial charge in [0.25, 0.3) is 0 Å². The van der Waals surface area contributed by atoms with Gasteiger partial charge in [-0.3, -0.25) is 0 Å². The van der Waals surface area contributed by atoms with Gasteiger partial charge in [0.1, 0.15) is 0 Å². The van der Waals surface area contributed by atoms with Crippen molar-refractivity contribution in [2.75, 3.05) is 6.61 Å². The molecular formula is C28H44O3. The Balaban J connectivity index is 1.60. The maximum atomic E-state index is 11.3. The Hall–Kier alpha value is -0.900. The summed E-state index contributed by atoms with van der Waals surface area (Å²) in [7, 11) is 0. The Bertz CT molecular complexity index is 751. The maximum Gasteiger partial charge on any atom is 0.0757 e. The zero-order valence-electron chi connectivity index (χ0n) is 20.1. The summed E-state index contributed by atoms with van der Waals surface area (Å²) in [5.74, 6) is 2.69. The molecule has 0 saturated heterocycles. The van der Waals surface area contributed by atoms with Crippen molar-refractivity contribution >= 4 is 0 Å². The van der Waals surface area contributed by atoms with Crippen LogP contribution in [0.15, 0.2) is 36.0 Å². The molecule has 4 aliphatic rings. The Morgan fingerprint density at radius 1 is 1.13 bits per heavy atom. The van der Waals surface area contributed by atoms with Crippen LogP contribution in [0, 0.1) is 46.3 Å². The van der Waals surface area contributed by atoms with Crippen molar-refractivity contribution in [2.24, 2.45) is 46.3 Å². The van der Waals surface area contributed by atoms with Crippen LogP contribution in [0.1, 0.15) is 72.6 Å². The number of aliphatic hydroxyl groups is 3. The summed E-state index contributed by atoms with van der Waals surface area (Å²) in [5.41, 5.74) is 2.34. The van der Waals surface area contributed by atoms with Gasteiger partial charge in [0.2, 0.25) is 0 Å². The van der Waals surface area contributed by atoms with Gasteiger partial charge in [0, 0.05) is 5.41 Å². The van der Waals surface area contributed by atoms with E-state index < -0.39 is 6.10 Å². The maximum absolute atomic E-state index is 11.3. The Morgan fingerprint density at radius 3 is 2.55 bits per heavy atom. The predicted molar refractivity (Wildman–Crippen MR) is 126 cm³/mol. The first-order chi connectivity index (χ1) is 14.6. The van der Waals surface area contributed by atoms with E-state index in [2.05, 4.69) is 46.4 Å². The minimum atomic E-state index is -0.445. The molecule has 0 spiro atoms. The number of aliphatic hydroxyl groups excluding tert-OH is 3. The Morgan fingerprint density at radius 2 is 1.87 bits per heavy atom. The van der Waals surface area contributed by atoms with Gasteiger partial charge in [-0.15, -0.1) is 0 Å². The monoisotopic (exact) mass is 428 g/mol. The molecule has 3 N–H and O–H groups in total. The van der Waals surface area contributed by atoms with Crippen molar-refractivity contribution < 1.29 is 15.3 Å². The molecule has 4 rings (SSSR count). The molecule has 0 aliphatic heterocycles. The highest BCUT2D eigenvalue weighted by Crippen LogP contribution is 2.67. The van der Waals surface area contributed by atoms with Crippen molar-refractivity contribution in [1.29, 1.82) is 0 Å². The molecule has 3 saturated carbocycles. The van der Waals surface area contributed by atoms with E-state index in [-0.39, 0.29) is 29.5 Å². The molecule has 0 radical (unpaired) electrons. The third-order valence-corrected chi connectivity index (χ3v) is 10.2. The van der Waals surface area contributed by atoms with Gasteiger partial charge in [-0.05, 0) is 85.9 Å². The highest BCUT2D eigenvalue weighted by molar-refractivity contribution is 5.29. The molecule has 0 aromatic rings. The molecule has 31 heavy (non-hydrogen) atoms. The van der Waals surface area contributed by atoms with Gasteiger partial charge in [0.05, 0.1) is 18.8 Å². The largest absolute Gasteiger partial charge is 0.395 e. The van der Waals surface area contributed by atoms with Crippen LogP contribution in [-0.4, -0.2) is 34.1 Å². The van der Waals surface area contributed by atoms with Crippen molar-refractivity contribution in [3.8, 4) is 0 Å². The number of rotatable bonds is 5. The number of allylic oxidation sites excluding steroid dienone is 3. The van der Waals surface area contributed by atoms with E-state index in [0.29, 0.717) is 36.0 Å². The zero-order chi connectivity index (χ0) is 22.6. The van der Waals surface area contributed by atoms with Crippen LogP contribution in [0.5, 0.6) is 0 Å². The van der Waals surface area contributed by atoms with Crippen LogP contribution >= 0.6 is 0 Å². The summed E-state index contributed by atoms with van der Waals surface area (Å²) in [6.07, 6.45) is 12.8. The molecule has 0 bridgehead atoms.